The van der Waals surface area contributed by atoms with Crippen LogP contribution >= 0.6 is 0 Å². The quantitative estimate of drug-likeness (QED) is 0.102. The van der Waals surface area contributed by atoms with Gasteiger partial charge in [-0.05, 0) is 236 Å². The van der Waals surface area contributed by atoms with Crippen LogP contribution < -0.4 is 28.9 Å². The van der Waals surface area contributed by atoms with E-state index in [0.717, 1.165) is 153 Å². The highest BCUT2D eigenvalue weighted by atomic mass is 16.5. The predicted molar refractivity (Wildman–Crippen MR) is 577 cm³/mol. The summed E-state index contributed by atoms with van der Waals surface area (Å²) < 4.78 is 26.7. The molecule has 3 aliphatic heterocycles. The van der Waals surface area contributed by atoms with Gasteiger partial charge in [-0.1, -0.05) is 352 Å². The molecule has 0 bridgehead atoms. The van der Waals surface area contributed by atoms with Gasteiger partial charge in [0.25, 0.3) is 0 Å². The smallest absolute Gasteiger partial charge is 0.152 e. The lowest BCUT2D eigenvalue weighted by Gasteiger charge is -2.29. The van der Waals surface area contributed by atoms with Crippen LogP contribution in [-0.2, 0) is 0 Å². The van der Waals surface area contributed by atoms with E-state index in [9.17, 15) is 0 Å². The highest BCUT2D eigenvalue weighted by molar-refractivity contribution is 6.15. The number of para-hydroxylation sites is 9. The molecule has 28 rings (SSSR count). The minimum absolute atomic E-state index is 0.858. The Morgan fingerprint density at radius 1 is 0.151 bits per heavy atom. The molecule has 0 spiro atoms. The molecule has 0 unspecified atom stereocenters. The minimum atomic E-state index is 0.858. The number of fused-ring (bicyclic) bond motifs is 16. The Morgan fingerprint density at radius 2 is 0.403 bits per heavy atom. The highest BCUT2D eigenvalue weighted by Gasteiger charge is 2.30. The second-order valence-electron chi connectivity index (χ2n) is 35.4. The fraction of sp³-hybridized carbons (Fsp3) is 0. The number of hydrogen-bond donors (Lipinski definition) is 0. The van der Waals surface area contributed by atoms with Gasteiger partial charge in [0.1, 0.15) is 0 Å². The molecule has 3 aliphatic rings. The molecule has 0 amide bonds. The largest absolute Gasteiger partial charge is 0.453 e. The molecule has 0 fully saturated rings. The lowest BCUT2D eigenvalue weighted by molar-refractivity contribution is 0.476. The van der Waals surface area contributed by atoms with E-state index in [0.29, 0.717) is 0 Å². The van der Waals surface area contributed by atoms with E-state index >= 15 is 0 Å². The van der Waals surface area contributed by atoms with Crippen LogP contribution in [0.5, 0.6) is 34.5 Å². The summed E-state index contributed by atoms with van der Waals surface area (Å²) in [6.07, 6.45) is 0. The average Bonchev–Trinajstić information content (AvgIpc) is 1.57. The first-order valence-electron chi connectivity index (χ1n) is 47.2. The SMILES string of the molecule is c1ccc(-c2ccc(N(c3ccc(-c4ccccc4)cc3)c3ccc(-c4ccc5c(c4)Oc4cccc6c7ccccc7n-5c46)cc3)cc2)cc1.c1ccc(-c2ccccc2N(c2ccc(-c3ccc4c(c3)Oc3cccc5c6ccccc6n-4c35)cc2)c2cccc3ccccc23)cc1.c1ccc(N(c2ccccc2)c2ccc(-c3ccc4c(c3)Oc3cccc5c6ccccc6n-4c35)cc2)cc1. The Kier molecular flexibility index (Phi) is 20.1. The molecule has 0 saturated carbocycles. The molecule has 0 N–H and O–H groups in total. The molecule has 3 aromatic heterocycles. The highest BCUT2D eigenvalue weighted by Crippen LogP contribution is 2.53. The fourth-order valence-electron chi connectivity index (χ4n) is 20.9. The van der Waals surface area contributed by atoms with E-state index in [-0.39, 0.29) is 0 Å². The van der Waals surface area contributed by atoms with Crippen molar-refractivity contribution in [1.29, 1.82) is 0 Å². The summed E-state index contributed by atoms with van der Waals surface area (Å²) in [5, 5.41) is 9.77. The minimum Gasteiger partial charge on any atom is -0.453 e. The van der Waals surface area contributed by atoms with Crippen LogP contribution in [0.3, 0.4) is 0 Å². The van der Waals surface area contributed by atoms with Gasteiger partial charge in [0.15, 0.2) is 34.5 Å². The van der Waals surface area contributed by atoms with Crippen molar-refractivity contribution in [3.8, 4) is 118 Å². The van der Waals surface area contributed by atoms with Gasteiger partial charge >= 0.3 is 0 Å². The maximum Gasteiger partial charge on any atom is 0.152 e. The average molecular weight is 1780 g/mol. The Balaban J connectivity index is 0.000000108. The predicted octanol–water partition coefficient (Wildman–Crippen LogP) is 36.2. The summed E-state index contributed by atoms with van der Waals surface area (Å²) in [5.74, 6) is 5.25. The van der Waals surface area contributed by atoms with E-state index < -0.39 is 0 Å². The van der Waals surface area contributed by atoms with Crippen molar-refractivity contribution in [2.45, 2.75) is 0 Å². The van der Waals surface area contributed by atoms with Gasteiger partial charge in [-0.2, -0.15) is 0 Å². The standard InChI is InChI=1S/C48H32N2O.C46H30N2O.C36H24N2O/c1-3-10-33(11-4-1)35-18-25-39(26-19-35)49(40-27-20-36(21-28-40)34-12-5-2-6-13-34)41-29-22-37(23-30-41)38-24-31-45-47(32-38)51-46-17-9-15-43-42-14-7-8-16-44(42)50(45)48(43)46;1-2-12-32(13-3-1)36-17-6-8-20-40(36)47(41-22-10-15-33-14-4-5-16-37(33)41)35-27-24-31(25-28-35)34-26-29-43-45(30-34)49-44-23-11-19-39-38-18-7-9-21-42(38)48(43)46(39)44;1-3-10-27(11-4-1)37(28-12-5-2-6-13-28)29-21-18-25(19-22-29)26-20-23-33-35(24-26)39-34-17-9-15-31-30-14-7-8-16-32(30)38(33)36(31)34/h1-32H;1-30H;1-24H. The lowest BCUT2D eigenvalue weighted by Crippen LogP contribution is -2.11. The molecular weight excluding hydrogens is 1690 g/mol. The number of aromatic nitrogens is 3. The third-order valence-corrected chi connectivity index (χ3v) is 27.3. The van der Waals surface area contributed by atoms with Crippen molar-refractivity contribution in [1.82, 2.24) is 13.7 Å². The zero-order valence-electron chi connectivity index (χ0n) is 75.6. The van der Waals surface area contributed by atoms with Gasteiger partial charge in [0.05, 0.1) is 61.5 Å². The summed E-state index contributed by atoms with van der Waals surface area (Å²) in [6.45, 7) is 0. The maximum absolute atomic E-state index is 6.59. The van der Waals surface area contributed by atoms with Gasteiger partial charge in [-0.3, -0.25) is 0 Å². The lowest BCUT2D eigenvalue weighted by atomic mass is 9.99. The molecule has 0 radical (unpaired) electrons. The van der Waals surface area contributed by atoms with Crippen LogP contribution in [0.4, 0.5) is 51.2 Å². The van der Waals surface area contributed by atoms with Crippen LogP contribution in [-0.4, -0.2) is 13.7 Å². The second kappa shape index (κ2) is 34.4. The number of benzene rings is 22. The van der Waals surface area contributed by atoms with Crippen molar-refractivity contribution in [3.63, 3.8) is 0 Å². The zero-order chi connectivity index (χ0) is 91.8. The van der Waals surface area contributed by atoms with Gasteiger partial charge in [0.2, 0.25) is 0 Å². The molecule has 0 aliphatic carbocycles. The summed E-state index contributed by atoms with van der Waals surface area (Å²) >= 11 is 0. The molecule has 0 saturated heterocycles. The Morgan fingerprint density at radius 3 is 0.777 bits per heavy atom. The summed E-state index contributed by atoms with van der Waals surface area (Å²) in [4.78, 5) is 6.99. The van der Waals surface area contributed by atoms with E-state index in [4.69, 9.17) is 14.2 Å². The second-order valence-corrected chi connectivity index (χ2v) is 35.4. The van der Waals surface area contributed by atoms with Crippen LogP contribution in [0, 0.1) is 0 Å². The van der Waals surface area contributed by atoms with Gasteiger partial charge in [-0.15, -0.1) is 0 Å². The van der Waals surface area contributed by atoms with Crippen LogP contribution in [0.25, 0.3) is 160 Å². The third kappa shape index (κ3) is 14.4. The molecule has 9 nitrogen and oxygen atoms in total. The number of rotatable bonds is 15. The molecular formula is C130H86N6O3. The first kappa shape index (κ1) is 81.1. The molecule has 654 valence electrons. The van der Waals surface area contributed by atoms with E-state index in [1.54, 1.807) is 0 Å². The fourth-order valence-corrected chi connectivity index (χ4v) is 20.9. The van der Waals surface area contributed by atoms with E-state index in [2.05, 4.69) is 538 Å². The number of nitrogens with zero attached hydrogens (tertiary/aromatic N) is 6. The summed E-state index contributed by atoms with van der Waals surface area (Å²) in [7, 11) is 0. The summed E-state index contributed by atoms with van der Waals surface area (Å²) in [5.41, 5.74) is 34.1. The van der Waals surface area contributed by atoms with Crippen LogP contribution in [0.2, 0.25) is 0 Å². The molecule has 0 atom stereocenters. The van der Waals surface area contributed by atoms with Gasteiger partial charge in [0, 0.05) is 83.1 Å². The molecule has 22 aromatic carbocycles. The maximum atomic E-state index is 6.59. The van der Waals surface area contributed by atoms with Crippen molar-refractivity contribution in [3.05, 3.63) is 522 Å². The Bertz CT molecular complexity index is 8870. The van der Waals surface area contributed by atoms with Crippen molar-refractivity contribution < 1.29 is 14.2 Å². The van der Waals surface area contributed by atoms with Crippen LogP contribution in [0.15, 0.2) is 522 Å². The van der Waals surface area contributed by atoms with Crippen LogP contribution in [0.1, 0.15) is 0 Å². The number of ether oxygens (including phenoxy) is 3. The molecule has 25 aromatic rings. The Hall–Kier alpha value is -18.7. The molecule has 6 heterocycles. The Labute approximate surface area is 804 Å². The molecule has 9 heteroatoms. The normalized spacial score (nSPS) is 11.8. The van der Waals surface area contributed by atoms with Crippen molar-refractivity contribution >= 4 is 127 Å². The monoisotopic (exact) mass is 1780 g/mol. The van der Waals surface area contributed by atoms with E-state index in [1.807, 2.05) is 12.1 Å². The van der Waals surface area contributed by atoms with Gasteiger partial charge in [-0.25, -0.2) is 0 Å². The van der Waals surface area contributed by atoms with Crippen molar-refractivity contribution in [2.24, 2.45) is 0 Å². The van der Waals surface area contributed by atoms with E-state index in [1.165, 1.54) is 93.0 Å². The number of anilines is 9. The zero-order valence-corrected chi connectivity index (χ0v) is 75.6. The topological polar surface area (TPSA) is 52.2 Å². The van der Waals surface area contributed by atoms with Crippen molar-refractivity contribution in [2.75, 3.05) is 14.7 Å². The first-order chi connectivity index (χ1) is 68.9. The number of hydrogen-bond acceptors (Lipinski definition) is 6. The summed E-state index contributed by atoms with van der Waals surface area (Å²) in [6, 6.07) is 185. The molecule has 139 heavy (non-hydrogen) atoms. The third-order valence-electron chi connectivity index (χ3n) is 27.3. The van der Waals surface area contributed by atoms with Gasteiger partial charge < -0.3 is 42.6 Å². The first-order valence-corrected chi connectivity index (χ1v) is 47.2.